The smallest absolute Gasteiger partial charge is 0.0986 e. The molecule has 96 valence electrons. The fraction of sp³-hybridized carbons (Fsp3) is 1.00. The van der Waals surface area contributed by atoms with Crippen LogP contribution in [0.4, 0.5) is 0 Å². The maximum Gasteiger partial charge on any atom is 0.0986 e. The van der Waals surface area contributed by atoms with Crippen LogP contribution in [-0.4, -0.2) is 51.2 Å². The van der Waals surface area contributed by atoms with Gasteiger partial charge in [-0.25, -0.2) is 0 Å². The Morgan fingerprint density at radius 3 is 2.62 bits per heavy atom. The molecule has 0 saturated heterocycles. The van der Waals surface area contributed by atoms with E-state index in [9.17, 15) is 0 Å². The molecule has 1 N–H and O–H groups in total. The molecule has 0 aliphatic heterocycles. The summed E-state index contributed by atoms with van der Waals surface area (Å²) in [5.41, 5.74) is 0. The number of hydrogen-bond acceptors (Lipinski definition) is 4. The molecule has 3 unspecified atom stereocenters. The van der Waals surface area contributed by atoms with Gasteiger partial charge in [0.2, 0.25) is 0 Å². The molecule has 0 amide bonds. The lowest BCUT2D eigenvalue weighted by molar-refractivity contribution is -0.142. The van der Waals surface area contributed by atoms with Gasteiger partial charge >= 0.3 is 0 Å². The average Bonchev–Trinajstić information content (AvgIpc) is 2.21. The van der Waals surface area contributed by atoms with Crippen LogP contribution in [0.2, 0.25) is 0 Å². The van der Waals surface area contributed by atoms with Gasteiger partial charge in [0, 0.05) is 13.2 Å². The highest BCUT2D eigenvalue weighted by Crippen LogP contribution is 2.26. The van der Waals surface area contributed by atoms with Crippen LogP contribution >= 0.6 is 0 Å². The highest BCUT2D eigenvalue weighted by atomic mass is 16.6. The second-order valence-electron chi connectivity index (χ2n) is 4.43. The standard InChI is InChI=1S/C12H25NO3/c1-5-13-10-8-11(12(10)14-4)16-7-6-15-9(2)3/h9-13H,5-8H2,1-4H3. The average molecular weight is 231 g/mol. The molecular formula is C12H25NO3. The first kappa shape index (κ1) is 13.9. The van der Waals surface area contributed by atoms with Crippen LogP contribution in [0.15, 0.2) is 0 Å². The third-order valence-electron chi connectivity index (χ3n) is 2.85. The molecule has 1 fully saturated rings. The van der Waals surface area contributed by atoms with Crippen LogP contribution in [0.25, 0.3) is 0 Å². The van der Waals surface area contributed by atoms with E-state index in [-0.39, 0.29) is 18.3 Å². The molecule has 4 heteroatoms. The van der Waals surface area contributed by atoms with E-state index in [1.165, 1.54) is 0 Å². The molecule has 0 heterocycles. The zero-order chi connectivity index (χ0) is 12.0. The Morgan fingerprint density at radius 2 is 2.06 bits per heavy atom. The van der Waals surface area contributed by atoms with Crippen LogP contribution in [0.1, 0.15) is 27.2 Å². The minimum atomic E-state index is 0.194. The van der Waals surface area contributed by atoms with Crippen LogP contribution in [0.3, 0.4) is 0 Å². The summed E-state index contributed by atoms with van der Waals surface area (Å²) < 4.78 is 16.6. The second-order valence-corrected chi connectivity index (χ2v) is 4.43. The van der Waals surface area contributed by atoms with Gasteiger partial charge in [-0.2, -0.15) is 0 Å². The van der Waals surface area contributed by atoms with Crippen LogP contribution in [0.5, 0.6) is 0 Å². The van der Waals surface area contributed by atoms with E-state index in [1.807, 2.05) is 13.8 Å². The lowest BCUT2D eigenvalue weighted by Crippen LogP contribution is -2.59. The summed E-state index contributed by atoms with van der Waals surface area (Å²) in [5.74, 6) is 0. The summed E-state index contributed by atoms with van der Waals surface area (Å²) in [6.45, 7) is 8.47. The van der Waals surface area contributed by atoms with E-state index in [1.54, 1.807) is 7.11 Å². The van der Waals surface area contributed by atoms with Gasteiger partial charge in [0.1, 0.15) is 0 Å². The van der Waals surface area contributed by atoms with Crippen LogP contribution in [0, 0.1) is 0 Å². The van der Waals surface area contributed by atoms with Gasteiger partial charge in [0.25, 0.3) is 0 Å². The minimum Gasteiger partial charge on any atom is -0.377 e. The Labute approximate surface area is 98.6 Å². The summed E-state index contributed by atoms with van der Waals surface area (Å²) in [6.07, 6.45) is 1.73. The van der Waals surface area contributed by atoms with Gasteiger partial charge in [-0.05, 0) is 26.8 Å². The van der Waals surface area contributed by atoms with Gasteiger partial charge in [0.05, 0.1) is 31.5 Å². The Balaban J connectivity index is 2.10. The van der Waals surface area contributed by atoms with E-state index in [2.05, 4.69) is 12.2 Å². The molecule has 0 radical (unpaired) electrons. The fourth-order valence-corrected chi connectivity index (χ4v) is 2.01. The molecule has 0 bridgehead atoms. The predicted octanol–water partition coefficient (Wildman–Crippen LogP) is 1.19. The summed E-state index contributed by atoms with van der Waals surface area (Å²) in [7, 11) is 1.75. The van der Waals surface area contributed by atoms with Crippen molar-refractivity contribution in [3.63, 3.8) is 0 Å². The Hall–Kier alpha value is -0.160. The SMILES string of the molecule is CCNC1CC(OCCOC(C)C)C1OC. The summed E-state index contributed by atoms with van der Waals surface area (Å²) in [4.78, 5) is 0. The van der Waals surface area contributed by atoms with Crippen molar-refractivity contribution in [1.29, 1.82) is 0 Å². The van der Waals surface area contributed by atoms with Crippen LogP contribution in [-0.2, 0) is 14.2 Å². The van der Waals surface area contributed by atoms with Crippen molar-refractivity contribution in [3.8, 4) is 0 Å². The van der Waals surface area contributed by atoms with Crippen molar-refractivity contribution < 1.29 is 14.2 Å². The van der Waals surface area contributed by atoms with Crippen molar-refractivity contribution in [3.05, 3.63) is 0 Å². The van der Waals surface area contributed by atoms with Gasteiger partial charge in [-0.1, -0.05) is 6.92 Å². The molecular weight excluding hydrogens is 206 g/mol. The Kier molecular flexibility index (Phi) is 6.28. The quantitative estimate of drug-likeness (QED) is 0.637. The number of nitrogens with one attached hydrogen (secondary N) is 1. The van der Waals surface area contributed by atoms with Crippen molar-refractivity contribution in [1.82, 2.24) is 5.32 Å². The largest absolute Gasteiger partial charge is 0.377 e. The fourth-order valence-electron chi connectivity index (χ4n) is 2.01. The van der Waals surface area contributed by atoms with Crippen molar-refractivity contribution in [2.75, 3.05) is 26.9 Å². The molecule has 1 aliphatic rings. The lowest BCUT2D eigenvalue weighted by Gasteiger charge is -2.43. The van der Waals surface area contributed by atoms with Gasteiger partial charge in [-0.3, -0.25) is 0 Å². The van der Waals surface area contributed by atoms with E-state index >= 15 is 0 Å². The van der Waals surface area contributed by atoms with Crippen LogP contribution < -0.4 is 5.32 Å². The van der Waals surface area contributed by atoms with E-state index in [4.69, 9.17) is 14.2 Å². The zero-order valence-corrected chi connectivity index (χ0v) is 10.9. The number of hydrogen-bond donors (Lipinski definition) is 1. The number of likely N-dealkylation sites (N-methyl/N-ethyl adjacent to an activating group) is 1. The third-order valence-corrected chi connectivity index (χ3v) is 2.85. The maximum atomic E-state index is 5.72. The van der Waals surface area contributed by atoms with E-state index < -0.39 is 0 Å². The zero-order valence-electron chi connectivity index (χ0n) is 10.9. The molecule has 3 atom stereocenters. The summed E-state index contributed by atoms with van der Waals surface area (Å²) in [6, 6.07) is 0.450. The van der Waals surface area contributed by atoms with E-state index in [0.717, 1.165) is 13.0 Å². The molecule has 0 spiro atoms. The maximum absolute atomic E-state index is 5.72. The molecule has 0 aromatic heterocycles. The first-order valence-corrected chi connectivity index (χ1v) is 6.18. The minimum absolute atomic E-state index is 0.194. The number of methoxy groups -OCH3 is 1. The number of ether oxygens (including phenoxy) is 3. The normalized spacial score (nSPS) is 29.4. The predicted molar refractivity (Wildman–Crippen MR) is 63.7 cm³/mol. The molecule has 1 aliphatic carbocycles. The molecule has 1 rings (SSSR count). The first-order chi connectivity index (χ1) is 7.69. The van der Waals surface area contributed by atoms with Crippen molar-refractivity contribution >= 4 is 0 Å². The molecule has 0 aromatic rings. The molecule has 0 aromatic carbocycles. The highest BCUT2D eigenvalue weighted by Gasteiger charge is 2.41. The monoisotopic (exact) mass is 231 g/mol. The van der Waals surface area contributed by atoms with Gasteiger partial charge in [-0.15, -0.1) is 0 Å². The van der Waals surface area contributed by atoms with Gasteiger partial charge in [0.15, 0.2) is 0 Å². The summed E-state index contributed by atoms with van der Waals surface area (Å²) >= 11 is 0. The number of rotatable bonds is 8. The molecule has 4 nitrogen and oxygen atoms in total. The highest BCUT2D eigenvalue weighted by molar-refractivity contribution is 4.96. The first-order valence-electron chi connectivity index (χ1n) is 6.18. The Bertz CT molecular complexity index is 187. The van der Waals surface area contributed by atoms with Crippen molar-refractivity contribution in [2.24, 2.45) is 0 Å². The third kappa shape index (κ3) is 4.01. The molecule has 16 heavy (non-hydrogen) atoms. The lowest BCUT2D eigenvalue weighted by atomic mass is 9.85. The van der Waals surface area contributed by atoms with Gasteiger partial charge < -0.3 is 19.5 Å². The van der Waals surface area contributed by atoms with Crippen molar-refractivity contribution in [2.45, 2.75) is 51.5 Å². The second kappa shape index (κ2) is 7.22. The Morgan fingerprint density at radius 1 is 1.31 bits per heavy atom. The topological polar surface area (TPSA) is 39.7 Å². The van der Waals surface area contributed by atoms with E-state index in [0.29, 0.717) is 19.3 Å². The summed E-state index contributed by atoms with van der Waals surface area (Å²) in [5, 5.41) is 3.39. The molecule has 1 saturated carbocycles.